The van der Waals surface area contributed by atoms with Crippen LogP contribution in [0.2, 0.25) is 0 Å². The van der Waals surface area contributed by atoms with Crippen molar-refractivity contribution in [2.24, 2.45) is 0 Å². The molecule has 160 valence electrons. The van der Waals surface area contributed by atoms with Gasteiger partial charge in [-0.05, 0) is 35.9 Å². The number of alkyl halides is 3. The predicted molar refractivity (Wildman–Crippen MR) is 117 cm³/mol. The number of rotatable bonds is 7. The third-order valence-electron chi connectivity index (χ3n) is 4.96. The molecule has 0 aliphatic heterocycles. The van der Waals surface area contributed by atoms with E-state index in [9.17, 15) is 13.2 Å². The Bertz CT molecular complexity index is 1140. The second-order valence-corrected chi connectivity index (χ2v) is 8.22. The van der Waals surface area contributed by atoms with Gasteiger partial charge in [-0.1, -0.05) is 48.5 Å². The first-order chi connectivity index (χ1) is 15.0. The van der Waals surface area contributed by atoms with E-state index in [0.29, 0.717) is 30.0 Å². The summed E-state index contributed by atoms with van der Waals surface area (Å²) in [6.07, 6.45) is -4.41. The standard InChI is InChI=1S/C24H21F3N2OS/c1-30-15-14-29-21-13-12-18(24(25,26)27)16-20(21)28-23(29)22(17-8-4-2-5-9-17)31-19-10-6-3-7-11-19/h2-13,16,22H,14-15H2,1H3. The molecule has 1 atom stereocenters. The van der Waals surface area contributed by atoms with E-state index < -0.39 is 11.7 Å². The molecule has 0 spiro atoms. The number of thioether (sulfide) groups is 1. The van der Waals surface area contributed by atoms with Gasteiger partial charge in [0.15, 0.2) is 0 Å². The number of hydrogen-bond acceptors (Lipinski definition) is 3. The van der Waals surface area contributed by atoms with Crippen molar-refractivity contribution in [3.05, 3.63) is 95.8 Å². The van der Waals surface area contributed by atoms with Gasteiger partial charge in [-0.2, -0.15) is 13.2 Å². The average molecular weight is 443 g/mol. The van der Waals surface area contributed by atoms with Crippen LogP contribution in [0.25, 0.3) is 11.0 Å². The van der Waals surface area contributed by atoms with Crippen LogP contribution in [0.1, 0.15) is 22.2 Å². The minimum Gasteiger partial charge on any atom is -0.383 e. The maximum absolute atomic E-state index is 13.3. The van der Waals surface area contributed by atoms with Crippen LogP contribution in [-0.2, 0) is 17.5 Å². The van der Waals surface area contributed by atoms with E-state index in [1.54, 1.807) is 18.9 Å². The lowest BCUT2D eigenvalue weighted by molar-refractivity contribution is -0.137. The Hall–Kier alpha value is -2.77. The molecule has 0 radical (unpaired) electrons. The molecule has 0 N–H and O–H groups in total. The lowest BCUT2D eigenvalue weighted by atomic mass is 10.1. The number of fused-ring (bicyclic) bond motifs is 1. The molecule has 31 heavy (non-hydrogen) atoms. The normalized spacial score (nSPS) is 12.9. The van der Waals surface area contributed by atoms with Crippen molar-refractivity contribution >= 4 is 22.8 Å². The first-order valence-corrected chi connectivity index (χ1v) is 10.7. The van der Waals surface area contributed by atoms with Crippen molar-refractivity contribution < 1.29 is 17.9 Å². The van der Waals surface area contributed by atoms with Crippen LogP contribution in [0.3, 0.4) is 0 Å². The summed E-state index contributed by atoms with van der Waals surface area (Å²) in [5, 5.41) is -0.192. The summed E-state index contributed by atoms with van der Waals surface area (Å²) >= 11 is 1.62. The Balaban J connectivity index is 1.87. The van der Waals surface area contributed by atoms with Crippen molar-refractivity contribution in [2.45, 2.75) is 22.9 Å². The van der Waals surface area contributed by atoms with Crippen molar-refractivity contribution in [2.75, 3.05) is 13.7 Å². The number of benzene rings is 3. The van der Waals surface area contributed by atoms with Gasteiger partial charge in [0.25, 0.3) is 0 Å². The predicted octanol–water partition coefficient (Wildman–Crippen LogP) is 6.58. The van der Waals surface area contributed by atoms with Crippen LogP contribution in [0.5, 0.6) is 0 Å². The molecule has 3 aromatic carbocycles. The highest BCUT2D eigenvalue weighted by Gasteiger charge is 2.32. The zero-order valence-electron chi connectivity index (χ0n) is 16.8. The lowest BCUT2D eigenvalue weighted by Crippen LogP contribution is -2.12. The van der Waals surface area contributed by atoms with Crippen molar-refractivity contribution in [3.63, 3.8) is 0 Å². The topological polar surface area (TPSA) is 27.1 Å². The smallest absolute Gasteiger partial charge is 0.383 e. The summed E-state index contributed by atoms with van der Waals surface area (Å²) < 4.78 is 47.1. The first-order valence-electron chi connectivity index (χ1n) is 9.80. The van der Waals surface area contributed by atoms with Crippen molar-refractivity contribution in [1.29, 1.82) is 0 Å². The molecule has 0 saturated heterocycles. The second kappa shape index (κ2) is 9.16. The van der Waals surface area contributed by atoms with E-state index in [1.165, 1.54) is 6.07 Å². The monoisotopic (exact) mass is 442 g/mol. The third kappa shape index (κ3) is 4.78. The Kier molecular flexibility index (Phi) is 6.34. The van der Waals surface area contributed by atoms with Crippen molar-refractivity contribution in [3.8, 4) is 0 Å². The Morgan fingerprint density at radius 3 is 2.29 bits per heavy atom. The molecule has 0 aliphatic rings. The third-order valence-corrected chi connectivity index (χ3v) is 6.22. The maximum atomic E-state index is 13.3. The average Bonchev–Trinajstić information content (AvgIpc) is 3.14. The summed E-state index contributed by atoms with van der Waals surface area (Å²) in [5.74, 6) is 0.700. The highest BCUT2D eigenvalue weighted by molar-refractivity contribution is 7.99. The largest absolute Gasteiger partial charge is 0.416 e. The molecular formula is C24H21F3N2OS. The molecule has 0 fully saturated rings. The van der Waals surface area contributed by atoms with Gasteiger partial charge in [0.2, 0.25) is 0 Å². The molecule has 7 heteroatoms. The van der Waals surface area contributed by atoms with Gasteiger partial charge in [-0.25, -0.2) is 4.98 Å². The van der Waals surface area contributed by atoms with Gasteiger partial charge in [0, 0.05) is 18.6 Å². The Morgan fingerprint density at radius 1 is 0.968 bits per heavy atom. The van der Waals surface area contributed by atoms with E-state index in [2.05, 4.69) is 0 Å². The molecule has 1 heterocycles. The van der Waals surface area contributed by atoms with Gasteiger partial charge in [-0.3, -0.25) is 0 Å². The van der Waals surface area contributed by atoms with E-state index in [0.717, 1.165) is 22.6 Å². The van der Waals surface area contributed by atoms with Gasteiger partial charge >= 0.3 is 6.18 Å². The van der Waals surface area contributed by atoms with Crippen LogP contribution >= 0.6 is 11.8 Å². The molecule has 1 unspecified atom stereocenters. The molecule has 0 bridgehead atoms. The van der Waals surface area contributed by atoms with Gasteiger partial charge in [0.1, 0.15) is 5.82 Å². The molecule has 4 aromatic rings. The van der Waals surface area contributed by atoms with E-state index >= 15 is 0 Å². The van der Waals surface area contributed by atoms with Gasteiger partial charge in [-0.15, -0.1) is 11.8 Å². The zero-order valence-corrected chi connectivity index (χ0v) is 17.7. The van der Waals surface area contributed by atoms with Crippen LogP contribution in [0.15, 0.2) is 83.8 Å². The lowest BCUT2D eigenvalue weighted by Gasteiger charge is -2.19. The Morgan fingerprint density at radius 2 is 1.65 bits per heavy atom. The fourth-order valence-corrected chi connectivity index (χ4v) is 4.64. The second-order valence-electron chi connectivity index (χ2n) is 7.04. The first kappa shape index (κ1) is 21.5. The van der Waals surface area contributed by atoms with Crippen molar-refractivity contribution in [1.82, 2.24) is 9.55 Å². The summed E-state index contributed by atoms with van der Waals surface area (Å²) in [6.45, 7) is 0.920. The number of nitrogens with zero attached hydrogens (tertiary/aromatic N) is 2. The van der Waals surface area contributed by atoms with Gasteiger partial charge < -0.3 is 9.30 Å². The molecule has 0 amide bonds. The maximum Gasteiger partial charge on any atom is 0.416 e. The SMILES string of the molecule is COCCn1c(C(Sc2ccccc2)c2ccccc2)nc2cc(C(F)(F)F)ccc21. The zero-order chi connectivity index (χ0) is 21.8. The minimum atomic E-state index is -4.41. The highest BCUT2D eigenvalue weighted by Crippen LogP contribution is 2.41. The van der Waals surface area contributed by atoms with Crippen LogP contribution in [0, 0.1) is 0 Å². The molecule has 4 rings (SSSR count). The number of imidazole rings is 1. The number of aromatic nitrogens is 2. The number of ether oxygens (including phenoxy) is 1. The Labute approximate surface area is 182 Å². The molecule has 1 aromatic heterocycles. The van der Waals surface area contributed by atoms with Crippen LogP contribution < -0.4 is 0 Å². The number of methoxy groups -OCH3 is 1. The number of hydrogen-bond donors (Lipinski definition) is 0. The van der Waals surface area contributed by atoms with Crippen LogP contribution in [0.4, 0.5) is 13.2 Å². The van der Waals surface area contributed by atoms with E-state index in [1.807, 2.05) is 65.2 Å². The fourth-order valence-electron chi connectivity index (χ4n) is 3.48. The summed E-state index contributed by atoms with van der Waals surface area (Å²) in [6, 6.07) is 23.5. The highest BCUT2D eigenvalue weighted by atomic mass is 32.2. The minimum absolute atomic E-state index is 0.192. The quantitative estimate of drug-likeness (QED) is 0.302. The van der Waals surface area contributed by atoms with E-state index in [4.69, 9.17) is 9.72 Å². The van der Waals surface area contributed by atoms with Gasteiger partial charge in [0.05, 0.1) is 28.5 Å². The molecule has 3 nitrogen and oxygen atoms in total. The molecule has 0 saturated carbocycles. The summed E-state index contributed by atoms with van der Waals surface area (Å²) in [5.41, 5.74) is 1.32. The van der Waals surface area contributed by atoms with Crippen LogP contribution in [-0.4, -0.2) is 23.3 Å². The summed E-state index contributed by atoms with van der Waals surface area (Å²) in [4.78, 5) is 5.75. The molecule has 0 aliphatic carbocycles. The van der Waals surface area contributed by atoms with E-state index in [-0.39, 0.29) is 5.25 Å². The fraction of sp³-hybridized carbons (Fsp3) is 0.208. The number of halogens is 3. The molecular weight excluding hydrogens is 421 g/mol. The summed E-state index contributed by atoms with van der Waals surface area (Å²) in [7, 11) is 1.61.